The highest BCUT2D eigenvalue weighted by Crippen LogP contribution is 2.36. The van der Waals surface area contributed by atoms with Crippen molar-refractivity contribution in [2.24, 2.45) is 0 Å². The van der Waals surface area contributed by atoms with Crippen LogP contribution in [0.25, 0.3) is 16.5 Å². The SMILES string of the molecule is CN1C=C(c2ccc3ncnc(N4CCC(O)(c5ccc(Cl)cc5)CC4)c3c2)CN1. The molecule has 0 atom stereocenters. The minimum Gasteiger partial charge on any atom is -0.385 e. The van der Waals surface area contributed by atoms with E-state index >= 15 is 0 Å². The molecule has 0 spiro atoms. The van der Waals surface area contributed by atoms with Crippen molar-refractivity contribution in [2.75, 3.05) is 31.6 Å². The predicted octanol–water partition coefficient (Wildman–Crippen LogP) is 3.56. The third-order valence-electron chi connectivity index (χ3n) is 6.13. The van der Waals surface area contributed by atoms with Crippen molar-refractivity contribution in [3.05, 3.63) is 71.1 Å². The van der Waals surface area contributed by atoms with E-state index in [1.807, 2.05) is 36.3 Å². The van der Waals surface area contributed by atoms with Crippen LogP contribution in [0.1, 0.15) is 24.0 Å². The summed E-state index contributed by atoms with van der Waals surface area (Å²) in [7, 11) is 2.00. The highest BCUT2D eigenvalue weighted by Gasteiger charge is 2.34. The molecule has 2 aliphatic rings. The fraction of sp³-hybridized carbons (Fsp3) is 0.304. The summed E-state index contributed by atoms with van der Waals surface area (Å²) in [6.45, 7) is 2.26. The Balaban J connectivity index is 1.42. The first-order chi connectivity index (χ1) is 14.5. The van der Waals surface area contributed by atoms with Crippen LogP contribution < -0.4 is 10.3 Å². The number of nitrogens with zero attached hydrogens (tertiary/aromatic N) is 4. The fourth-order valence-corrected chi connectivity index (χ4v) is 4.47. The van der Waals surface area contributed by atoms with Crippen LogP contribution in [0.15, 0.2) is 55.0 Å². The van der Waals surface area contributed by atoms with Crippen molar-refractivity contribution in [1.82, 2.24) is 20.4 Å². The van der Waals surface area contributed by atoms with Crippen molar-refractivity contribution in [3.63, 3.8) is 0 Å². The van der Waals surface area contributed by atoms with E-state index in [9.17, 15) is 5.11 Å². The Bertz CT molecular complexity index is 1110. The third-order valence-corrected chi connectivity index (χ3v) is 6.38. The maximum Gasteiger partial charge on any atom is 0.139 e. The number of hydrogen-bond acceptors (Lipinski definition) is 6. The van der Waals surface area contributed by atoms with Gasteiger partial charge < -0.3 is 15.0 Å². The highest BCUT2D eigenvalue weighted by atomic mass is 35.5. The van der Waals surface area contributed by atoms with Crippen molar-refractivity contribution in [3.8, 4) is 0 Å². The lowest BCUT2D eigenvalue weighted by molar-refractivity contribution is 0.0117. The second-order valence-corrected chi connectivity index (χ2v) is 8.49. The third kappa shape index (κ3) is 3.51. The van der Waals surface area contributed by atoms with Crippen LogP contribution >= 0.6 is 11.6 Å². The number of fused-ring (bicyclic) bond motifs is 1. The number of piperidine rings is 1. The van der Waals surface area contributed by atoms with Crippen LogP contribution in [-0.2, 0) is 5.60 Å². The molecule has 5 rings (SSSR count). The molecule has 1 saturated heterocycles. The van der Waals surface area contributed by atoms with Crippen molar-refractivity contribution >= 4 is 33.9 Å². The number of benzene rings is 2. The second kappa shape index (κ2) is 7.54. The van der Waals surface area contributed by atoms with E-state index in [1.165, 1.54) is 11.1 Å². The van der Waals surface area contributed by atoms with Gasteiger partial charge in [-0.2, -0.15) is 0 Å². The standard InChI is InChI=1S/C23H24ClN5O/c1-28-14-17(13-27-28)16-2-7-21-20(12-16)22(26-15-25-21)29-10-8-23(30,9-11-29)18-3-5-19(24)6-4-18/h2-7,12,14-15,27,30H,8-11,13H2,1H3. The maximum absolute atomic E-state index is 11.2. The lowest BCUT2D eigenvalue weighted by Gasteiger charge is -2.39. The van der Waals surface area contributed by atoms with Crippen LogP contribution in [0.5, 0.6) is 0 Å². The van der Waals surface area contributed by atoms with Gasteiger partial charge in [0.05, 0.1) is 11.1 Å². The molecule has 2 aliphatic heterocycles. The van der Waals surface area contributed by atoms with Gasteiger partial charge >= 0.3 is 0 Å². The lowest BCUT2D eigenvalue weighted by Crippen LogP contribution is -2.43. The number of nitrogens with one attached hydrogen (secondary N) is 1. The molecule has 0 aliphatic carbocycles. The molecule has 1 aromatic heterocycles. The van der Waals surface area contributed by atoms with E-state index in [0.717, 1.165) is 41.9 Å². The number of hydrogen-bond donors (Lipinski definition) is 2. The topological polar surface area (TPSA) is 64.5 Å². The summed E-state index contributed by atoms with van der Waals surface area (Å²) in [5.74, 6) is 0.930. The average molecular weight is 422 g/mol. The Morgan fingerprint density at radius 2 is 1.83 bits per heavy atom. The molecule has 1 fully saturated rings. The minimum absolute atomic E-state index is 0.639. The van der Waals surface area contributed by atoms with Gasteiger partial charge in [-0.15, -0.1) is 0 Å². The van der Waals surface area contributed by atoms with Crippen LogP contribution in [0.3, 0.4) is 0 Å². The highest BCUT2D eigenvalue weighted by molar-refractivity contribution is 6.30. The Morgan fingerprint density at radius 1 is 1.07 bits per heavy atom. The molecule has 2 N–H and O–H groups in total. The first-order valence-electron chi connectivity index (χ1n) is 10.2. The Kier molecular flexibility index (Phi) is 4.85. The first-order valence-corrected chi connectivity index (χ1v) is 10.6. The number of aliphatic hydroxyl groups is 1. The molecular weight excluding hydrogens is 398 g/mol. The Labute approximate surface area is 180 Å². The number of hydrazine groups is 1. The van der Waals surface area contributed by atoms with Gasteiger partial charge in [0.15, 0.2) is 0 Å². The van der Waals surface area contributed by atoms with Gasteiger partial charge in [0.25, 0.3) is 0 Å². The number of anilines is 1. The lowest BCUT2D eigenvalue weighted by atomic mass is 9.84. The van der Waals surface area contributed by atoms with Crippen LogP contribution in [0, 0.1) is 0 Å². The zero-order chi connectivity index (χ0) is 20.7. The zero-order valence-electron chi connectivity index (χ0n) is 16.8. The normalized spacial score (nSPS) is 18.7. The first kappa shape index (κ1) is 19.3. The molecule has 0 radical (unpaired) electrons. The fourth-order valence-electron chi connectivity index (χ4n) is 4.34. The van der Waals surface area contributed by atoms with Crippen LogP contribution in [0.2, 0.25) is 5.02 Å². The predicted molar refractivity (Wildman–Crippen MR) is 120 cm³/mol. The van der Waals surface area contributed by atoms with Gasteiger partial charge in [-0.1, -0.05) is 29.8 Å². The summed E-state index contributed by atoms with van der Waals surface area (Å²) in [5.41, 5.74) is 6.72. The quantitative estimate of drug-likeness (QED) is 0.674. The molecule has 7 heteroatoms. The van der Waals surface area contributed by atoms with Gasteiger partial charge in [0, 0.05) is 43.3 Å². The minimum atomic E-state index is -0.833. The summed E-state index contributed by atoms with van der Waals surface area (Å²) in [6, 6.07) is 13.9. The van der Waals surface area contributed by atoms with Gasteiger partial charge in [-0.3, -0.25) is 0 Å². The van der Waals surface area contributed by atoms with Crippen molar-refractivity contribution < 1.29 is 5.11 Å². The van der Waals surface area contributed by atoms with Crippen LogP contribution in [-0.4, -0.2) is 46.8 Å². The molecule has 154 valence electrons. The van der Waals surface area contributed by atoms with Gasteiger partial charge in [-0.25, -0.2) is 15.4 Å². The molecule has 0 amide bonds. The van der Waals surface area contributed by atoms with E-state index in [-0.39, 0.29) is 0 Å². The summed E-state index contributed by atoms with van der Waals surface area (Å²) >= 11 is 6.01. The van der Waals surface area contributed by atoms with E-state index in [0.29, 0.717) is 17.9 Å². The molecule has 3 heterocycles. The van der Waals surface area contributed by atoms with E-state index in [4.69, 9.17) is 11.6 Å². The van der Waals surface area contributed by atoms with Crippen molar-refractivity contribution in [1.29, 1.82) is 0 Å². The summed E-state index contributed by atoms with van der Waals surface area (Å²) in [5, 5.41) is 14.9. The molecule has 0 bridgehead atoms. The van der Waals surface area contributed by atoms with Gasteiger partial charge in [0.1, 0.15) is 12.1 Å². The maximum atomic E-state index is 11.2. The largest absolute Gasteiger partial charge is 0.385 e. The Morgan fingerprint density at radius 3 is 2.53 bits per heavy atom. The smallest absolute Gasteiger partial charge is 0.139 e. The molecule has 2 aromatic carbocycles. The number of halogens is 1. The Hall–Kier alpha value is -2.67. The number of rotatable bonds is 3. The number of aromatic nitrogens is 2. The zero-order valence-corrected chi connectivity index (χ0v) is 17.6. The molecule has 0 unspecified atom stereocenters. The molecular formula is C23H24ClN5O. The summed E-state index contributed by atoms with van der Waals surface area (Å²) in [4.78, 5) is 11.3. The van der Waals surface area contributed by atoms with E-state index in [2.05, 4.69) is 44.7 Å². The van der Waals surface area contributed by atoms with Crippen molar-refractivity contribution in [2.45, 2.75) is 18.4 Å². The monoisotopic (exact) mass is 421 g/mol. The molecule has 6 nitrogen and oxygen atoms in total. The molecule has 3 aromatic rings. The second-order valence-electron chi connectivity index (χ2n) is 8.05. The summed E-state index contributed by atoms with van der Waals surface area (Å²) in [6.07, 6.45) is 5.01. The van der Waals surface area contributed by atoms with E-state index in [1.54, 1.807) is 6.33 Å². The molecule has 30 heavy (non-hydrogen) atoms. The van der Waals surface area contributed by atoms with E-state index < -0.39 is 5.60 Å². The molecule has 0 saturated carbocycles. The van der Waals surface area contributed by atoms with Gasteiger partial charge in [-0.05, 0) is 53.8 Å². The average Bonchev–Trinajstić information content (AvgIpc) is 3.20. The summed E-state index contributed by atoms with van der Waals surface area (Å²) < 4.78 is 0. The van der Waals surface area contributed by atoms with Gasteiger partial charge in [0.2, 0.25) is 0 Å². The van der Waals surface area contributed by atoms with Crippen LogP contribution in [0.4, 0.5) is 5.82 Å².